The highest BCUT2D eigenvalue weighted by molar-refractivity contribution is 5.94. The third kappa shape index (κ3) is 5.05. The monoisotopic (exact) mass is 359 g/mol. The molecule has 0 radical (unpaired) electrons. The smallest absolute Gasteiger partial charge is 0.251 e. The Bertz CT molecular complexity index is 611. The van der Waals surface area contributed by atoms with Crippen LogP contribution in [0.1, 0.15) is 41.6 Å². The molecule has 1 aromatic rings. The molecule has 2 atom stereocenters. The van der Waals surface area contributed by atoms with Gasteiger partial charge < -0.3 is 15.4 Å². The number of benzene rings is 1. The Labute approximate surface area is 155 Å². The largest absolute Gasteiger partial charge is 0.378 e. The number of carbonyl (C=O) groups is 2. The van der Waals surface area contributed by atoms with Crippen molar-refractivity contribution in [1.82, 2.24) is 15.5 Å². The zero-order valence-electron chi connectivity index (χ0n) is 15.5. The molecule has 2 fully saturated rings. The van der Waals surface area contributed by atoms with E-state index >= 15 is 0 Å². The number of ether oxygens (including phenoxy) is 1. The lowest BCUT2D eigenvalue weighted by atomic mass is 10.0. The van der Waals surface area contributed by atoms with Crippen molar-refractivity contribution in [3.05, 3.63) is 35.4 Å². The average Bonchev–Trinajstić information content (AvgIpc) is 3.11. The summed E-state index contributed by atoms with van der Waals surface area (Å²) in [4.78, 5) is 26.8. The van der Waals surface area contributed by atoms with Gasteiger partial charge >= 0.3 is 0 Å². The summed E-state index contributed by atoms with van der Waals surface area (Å²) < 4.78 is 5.61. The molecule has 0 aliphatic carbocycles. The summed E-state index contributed by atoms with van der Waals surface area (Å²) in [5.74, 6) is -0.181. The molecule has 0 unspecified atom stereocenters. The molecule has 0 aromatic heterocycles. The van der Waals surface area contributed by atoms with E-state index in [0.29, 0.717) is 25.3 Å². The van der Waals surface area contributed by atoms with Gasteiger partial charge in [-0.15, -0.1) is 0 Å². The average molecular weight is 359 g/mol. The van der Waals surface area contributed by atoms with Crippen molar-refractivity contribution < 1.29 is 14.3 Å². The predicted octanol–water partition coefficient (Wildman–Crippen LogP) is 1.48. The Morgan fingerprint density at radius 1 is 1.12 bits per heavy atom. The molecule has 2 N–H and O–H groups in total. The highest BCUT2D eigenvalue weighted by Gasteiger charge is 2.34. The number of carbonyl (C=O) groups excluding carboxylic acids is 2. The Morgan fingerprint density at radius 2 is 1.85 bits per heavy atom. The zero-order valence-corrected chi connectivity index (χ0v) is 15.5. The van der Waals surface area contributed by atoms with E-state index in [1.807, 2.05) is 19.1 Å². The Morgan fingerprint density at radius 3 is 2.58 bits per heavy atom. The van der Waals surface area contributed by atoms with Gasteiger partial charge in [0.2, 0.25) is 5.91 Å². The minimum absolute atomic E-state index is 0.0354. The summed E-state index contributed by atoms with van der Waals surface area (Å²) in [6.07, 6.45) is 4.02. The second kappa shape index (κ2) is 9.14. The van der Waals surface area contributed by atoms with Crippen LogP contribution in [-0.2, 0) is 9.53 Å². The molecule has 142 valence electrons. The van der Waals surface area contributed by atoms with Gasteiger partial charge in [0.1, 0.15) is 0 Å². The molecule has 2 amide bonds. The van der Waals surface area contributed by atoms with Crippen molar-refractivity contribution in [2.45, 2.75) is 44.7 Å². The highest BCUT2D eigenvalue weighted by atomic mass is 16.5. The van der Waals surface area contributed by atoms with Crippen LogP contribution in [-0.4, -0.2) is 61.6 Å². The number of rotatable bonds is 6. The van der Waals surface area contributed by atoms with Crippen molar-refractivity contribution in [1.29, 1.82) is 0 Å². The SMILES string of the molecule is Cc1ccc(C(=O)NCCC(=O)N[C@H]2COC[C@@H]2N2CCCCC2)cc1. The van der Waals surface area contributed by atoms with Crippen molar-refractivity contribution in [2.75, 3.05) is 32.8 Å². The van der Waals surface area contributed by atoms with Crippen LogP contribution in [0.3, 0.4) is 0 Å². The molecule has 2 saturated heterocycles. The van der Waals surface area contributed by atoms with Gasteiger partial charge in [-0.05, 0) is 45.0 Å². The fourth-order valence-electron chi connectivity index (χ4n) is 3.67. The van der Waals surface area contributed by atoms with Crippen LogP contribution in [0.5, 0.6) is 0 Å². The molecular weight excluding hydrogens is 330 g/mol. The van der Waals surface area contributed by atoms with E-state index in [0.717, 1.165) is 18.7 Å². The van der Waals surface area contributed by atoms with Gasteiger partial charge in [-0.25, -0.2) is 0 Å². The maximum Gasteiger partial charge on any atom is 0.251 e. The molecule has 6 heteroatoms. The third-order valence-corrected chi connectivity index (χ3v) is 5.21. The van der Waals surface area contributed by atoms with Crippen molar-refractivity contribution in [2.24, 2.45) is 0 Å². The lowest BCUT2D eigenvalue weighted by molar-refractivity contribution is -0.122. The number of aryl methyl sites for hydroxylation is 1. The van der Waals surface area contributed by atoms with Gasteiger partial charge in [-0.2, -0.15) is 0 Å². The van der Waals surface area contributed by atoms with Gasteiger partial charge in [-0.3, -0.25) is 14.5 Å². The number of hydrogen-bond acceptors (Lipinski definition) is 4. The summed E-state index contributed by atoms with van der Waals surface area (Å²) in [5.41, 5.74) is 1.73. The second-order valence-electron chi connectivity index (χ2n) is 7.25. The number of hydrogen-bond donors (Lipinski definition) is 2. The first-order valence-electron chi connectivity index (χ1n) is 9.59. The Kier molecular flexibility index (Phi) is 6.63. The first-order chi connectivity index (χ1) is 12.6. The first kappa shape index (κ1) is 18.9. The van der Waals surface area contributed by atoms with Crippen LogP contribution in [0.4, 0.5) is 0 Å². The molecule has 2 heterocycles. The van der Waals surface area contributed by atoms with E-state index in [-0.39, 0.29) is 30.3 Å². The van der Waals surface area contributed by atoms with E-state index in [1.165, 1.54) is 19.3 Å². The summed E-state index contributed by atoms with van der Waals surface area (Å²) in [6, 6.07) is 7.73. The van der Waals surface area contributed by atoms with Gasteiger partial charge in [0, 0.05) is 18.5 Å². The third-order valence-electron chi connectivity index (χ3n) is 5.21. The van der Waals surface area contributed by atoms with Crippen molar-refractivity contribution in [3.8, 4) is 0 Å². The van der Waals surface area contributed by atoms with Crippen molar-refractivity contribution >= 4 is 11.8 Å². The molecule has 0 bridgehead atoms. The first-order valence-corrected chi connectivity index (χ1v) is 9.59. The topological polar surface area (TPSA) is 70.7 Å². The minimum Gasteiger partial charge on any atom is -0.378 e. The summed E-state index contributed by atoms with van der Waals surface area (Å²) in [7, 11) is 0. The lowest BCUT2D eigenvalue weighted by Gasteiger charge is -2.34. The molecule has 2 aliphatic heterocycles. The minimum atomic E-state index is -0.145. The van der Waals surface area contributed by atoms with E-state index in [1.54, 1.807) is 12.1 Å². The maximum absolute atomic E-state index is 12.3. The van der Waals surface area contributed by atoms with E-state index in [4.69, 9.17) is 4.74 Å². The van der Waals surface area contributed by atoms with Crippen LogP contribution >= 0.6 is 0 Å². The van der Waals surface area contributed by atoms with Gasteiger partial charge in [0.05, 0.1) is 25.3 Å². The molecule has 3 rings (SSSR count). The van der Waals surface area contributed by atoms with Gasteiger partial charge in [-0.1, -0.05) is 24.1 Å². The van der Waals surface area contributed by atoms with Gasteiger partial charge in [0.25, 0.3) is 5.91 Å². The zero-order chi connectivity index (χ0) is 18.4. The predicted molar refractivity (Wildman–Crippen MR) is 100 cm³/mol. The normalized spacial score (nSPS) is 23.6. The molecule has 2 aliphatic rings. The second-order valence-corrected chi connectivity index (χ2v) is 7.25. The standard InChI is InChI=1S/C20H29N3O3/c1-15-5-7-16(8-6-15)20(25)21-10-9-19(24)22-17-13-26-14-18(17)23-11-3-2-4-12-23/h5-8,17-18H,2-4,9-14H2,1H3,(H,21,25)(H,22,24)/t17-,18-/m0/s1. The Balaban J connectivity index is 1.40. The number of amides is 2. The lowest BCUT2D eigenvalue weighted by Crippen LogP contribution is -2.52. The van der Waals surface area contributed by atoms with Crippen LogP contribution in [0.15, 0.2) is 24.3 Å². The Hall–Kier alpha value is -1.92. The molecular formula is C20H29N3O3. The fraction of sp³-hybridized carbons (Fsp3) is 0.600. The van der Waals surface area contributed by atoms with Crippen molar-refractivity contribution in [3.63, 3.8) is 0 Å². The molecule has 26 heavy (non-hydrogen) atoms. The number of piperidine rings is 1. The fourth-order valence-corrected chi connectivity index (χ4v) is 3.67. The van der Waals surface area contributed by atoms with E-state index in [9.17, 15) is 9.59 Å². The van der Waals surface area contributed by atoms with E-state index < -0.39 is 0 Å². The summed E-state index contributed by atoms with van der Waals surface area (Å²) in [5, 5.41) is 5.90. The summed E-state index contributed by atoms with van der Waals surface area (Å²) in [6.45, 7) is 5.76. The number of nitrogens with one attached hydrogen (secondary N) is 2. The maximum atomic E-state index is 12.3. The molecule has 6 nitrogen and oxygen atoms in total. The number of likely N-dealkylation sites (tertiary alicyclic amines) is 1. The van der Waals surface area contributed by atoms with Crippen LogP contribution in [0.25, 0.3) is 0 Å². The number of nitrogens with zero attached hydrogens (tertiary/aromatic N) is 1. The molecule has 0 saturated carbocycles. The van der Waals surface area contributed by atoms with E-state index in [2.05, 4.69) is 15.5 Å². The molecule has 1 aromatic carbocycles. The van der Waals surface area contributed by atoms with Crippen LogP contribution in [0, 0.1) is 6.92 Å². The molecule has 0 spiro atoms. The van der Waals surface area contributed by atoms with Crippen LogP contribution in [0.2, 0.25) is 0 Å². The van der Waals surface area contributed by atoms with Gasteiger partial charge in [0.15, 0.2) is 0 Å². The summed E-state index contributed by atoms with van der Waals surface area (Å²) >= 11 is 0. The quantitative estimate of drug-likeness (QED) is 0.807. The van der Waals surface area contributed by atoms with Crippen LogP contribution < -0.4 is 10.6 Å². The highest BCUT2D eigenvalue weighted by Crippen LogP contribution is 2.19.